The fraction of sp³-hybridized carbons (Fsp3) is 1.00. The van der Waals surface area contributed by atoms with Gasteiger partial charge in [0.25, 0.3) is 0 Å². The van der Waals surface area contributed by atoms with E-state index in [0.29, 0.717) is 0 Å². The zero-order valence-electron chi connectivity index (χ0n) is 14.9. The Kier molecular flexibility index (Phi) is 15.4. The van der Waals surface area contributed by atoms with E-state index < -0.39 is 0 Å². The highest BCUT2D eigenvalue weighted by Crippen LogP contribution is 2.15. The van der Waals surface area contributed by atoms with Crippen LogP contribution in [0, 0.1) is 0 Å². The van der Waals surface area contributed by atoms with Gasteiger partial charge in [-0.25, -0.2) is 0 Å². The molecule has 0 saturated heterocycles. The number of hydrogen-bond acceptors (Lipinski definition) is 0. The fourth-order valence-electron chi connectivity index (χ4n) is 2.39. The van der Waals surface area contributed by atoms with Gasteiger partial charge in [0.15, 0.2) is 0 Å². The Morgan fingerprint density at radius 2 is 1.30 bits per heavy atom. The van der Waals surface area contributed by atoms with E-state index in [1.165, 1.54) is 56.1 Å². The summed E-state index contributed by atoms with van der Waals surface area (Å²) in [5.41, 5.74) is 0. The lowest BCUT2D eigenvalue weighted by atomic mass is 10.1. The zero-order valence-corrected chi connectivity index (χ0v) is 16.4. The minimum absolute atomic E-state index is 0. The summed E-state index contributed by atoms with van der Waals surface area (Å²) >= 11 is 0. The number of nitrogens with zero attached hydrogens (tertiary/aromatic N) is 2. The first-order chi connectivity index (χ1) is 8.19. The van der Waals surface area contributed by atoms with Crippen LogP contribution in [0.25, 0.3) is 0 Å². The third-order valence-corrected chi connectivity index (χ3v) is 4.23. The summed E-state index contributed by atoms with van der Waals surface area (Å²) in [5.74, 6) is 0. The molecule has 0 aromatic carbocycles. The van der Waals surface area contributed by atoms with E-state index >= 15 is 0 Å². The molecule has 0 aliphatic rings. The third-order valence-electron chi connectivity index (χ3n) is 4.23. The molecule has 0 saturated carbocycles. The van der Waals surface area contributed by atoms with Gasteiger partial charge in [0.1, 0.15) is 0 Å². The van der Waals surface area contributed by atoms with E-state index in [0.717, 1.165) is 10.5 Å². The Morgan fingerprint density at radius 3 is 1.75 bits per heavy atom. The van der Waals surface area contributed by atoms with E-state index in [1.807, 2.05) is 0 Å². The van der Waals surface area contributed by atoms with Gasteiger partial charge in [-0.2, -0.15) is 0 Å². The number of rotatable bonds is 10. The van der Waals surface area contributed by atoms with Crippen LogP contribution >= 0.6 is 0 Å². The Hall–Kier alpha value is 0.500. The summed E-state index contributed by atoms with van der Waals surface area (Å²) < 4.78 is 2.27. The van der Waals surface area contributed by atoms with Crippen molar-refractivity contribution < 1.29 is 33.8 Å². The van der Waals surface area contributed by atoms with E-state index in [-0.39, 0.29) is 24.8 Å². The molecule has 0 bridgehead atoms. The first-order valence-electron chi connectivity index (χ1n) is 7.82. The Morgan fingerprint density at radius 1 is 0.750 bits per heavy atom. The van der Waals surface area contributed by atoms with Crippen LogP contribution in [0.5, 0.6) is 0 Å². The van der Waals surface area contributed by atoms with Crippen molar-refractivity contribution in [3.63, 3.8) is 0 Å². The average Bonchev–Trinajstić information content (AvgIpc) is 2.21. The smallest absolute Gasteiger partial charge is 0.0857 e. The fourth-order valence-corrected chi connectivity index (χ4v) is 2.39. The van der Waals surface area contributed by atoms with Gasteiger partial charge in [-0.05, 0) is 19.8 Å². The van der Waals surface area contributed by atoms with Crippen LogP contribution in [0.2, 0.25) is 0 Å². The molecule has 126 valence electrons. The summed E-state index contributed by atoms with van der Waals surface area (Å²) in [6.45, 7) is 7.31. The summed E-state index contributed by atoms with van der Waals surface area (Å²) in [5, 5.41) is 0. The van der Waals surface area contributed by atoms with E-state index in [9.17, 15) is 0 Å². The molecule has 0 heterocycles. The molecular weight excluding hydrogens is 291 g/mol. The molecule has 0 amide bonds. The van der Waals surface area contributed by atoms with Crippen molar-refractivity contribution in [3.05, 3.63) is 0 Å². The zero-order chi connectivity index (χ0) is 14.2. The van der Waals surface area contributed by atoms with Crippen LogP contribution in [-0.4, -0.2) is 63.3 Å². The second-order valence-corrected chi connectivity index (χ2v) is 7.57. The van der Waals surface area contributed by atoms with E-state index in [4.69, 9.17) is 0 Å². The highest BCUT2D eigenvalue weighted by atomic mass is 35.5. The Labute approximate surface area is 140 Å². The molecule has 20 heavy (non-hydrogen) atoms. The molecule has 0 aromatic heterocycles. The van der Waals surface area contributed by atoms with Crippen LogP contribution < -0.4 is 24.8 Å². The largest absolute Gasteiger partial charge is 1.00 e. The lowest BCUT2D eigenvalue weighted by Gasteiger charge is -2.37. The normalized spacial score (nSPS) is 13.3. The predicted octanol–water partition coefficient (Wildman–Crippen LogP) is -2.47. The molecule has 1 atom stereocenters. The van der Waals surface area contributed by atoms with Gasteiger partial charge >= 0.3 is 0 Å². The Bertz CT molecular complexity index is 213. The molecule has 0 spiro atoms. The molecule has 0 radical (unpaired) electrons. The average molecular weight is 329 g/mol. The summed E-state index contributed by atoms with van der Waals surface area (Å²) in [7, 11) is 11.7. The van der Waals surface area contributed by atoms with Crippen molar-refractivity contribution >= 4 is 0 Å². The van der Waals surface area contributed by atoms with Gasteiger partial charge in [0.2, 0.25) is 0 Å². The van der Waals surface area contributed by atoms with Crippen LogP contribution in [-0.2, 0) is 0 Å². The number of quaternary nitrogens is 2. The van der Waals surface area contributed by atoms with Gasteiger partial charge in [0, 0.05) is 6.42 Å². The van der Waals surface area contributed by atoms with Gasteiger partial charge in [-0.3, -0.25) is 0 Å². The minimum Gasteiger partial charge on any atom is -1.00 e. The van der Waals surface area contributed by atoms with Crippen LogP contribution in [0.1, 0.15) is 52.4 Å². The monoisotopic (exact) mass is 328 g/mol. The van der Waals surface area contributed by atoms with Crippen molar-refractivity contribution in [1.82, 2.24) is 0 Å². The van der Waals surface area contributed by atoms with Gasteiger partial charge < -0.3 is 33.8 Å². The topological polar surface area (TPSA) is 0 Å². The van der Waals surface area contributed by atoms with Gasteiger partial charge in [-0.15, -0.1) is 0 Å². The van der Waals surface area contributed by atoms with E-state index in [1.54, 1.807) is 0 Å². The van der Waals surface area contributed by atoms with Crippen molar-refractivity contribution in [2.45, 2.75) is 58.4 Å². The van der Waals surface area contributed by atoms with Crippen LogP contribution in [0.15, 0.2) is 0 Å². The molecule has 2 nitrogen and oxygen atoms in total. The number of hydrogen-bond donors (Lipinski definition) is 0. The van der Waals surface area contributed by atoms with Gasteiger partial charge in [-0.1, -0.05) is 26.2 Å². The van der Waals surface area contributed by atoms with Gasteiger partial charge in [0.05, 0.1) is 54.4 Å². The van der Waals surface area contributed by atoms with Crippen LogP contribution in [0.3, 0.4) is 0 Å². The second kappa shape index (κ2) is 12.1. The number of unbranched alkanes of at least 4 members (excludes halogenated alkanes) is 3. The molecule has 0 fully saturated rings. The molecule has 0 N–H and O–H groups in total. The van der Waals surface area contributed by atoms with Crippen molar-refractivity contribution in [1.29, 1.82) is 0 Å². The van der Waals surface area contributed by atoms with E-state index in [2.05, 4.69) is 49.1 Å². The molecule has 1 unspecified atom stereocenters. The molecule has 0 rings (SSSR count). The SMILES string of the molecule is CCCCCCC(C)[N+](C)(C)CCC[N+](C)(C)C.[Cl-].[Cl-]. The lowest BCUT2D eigenvalue weighted by molar-refractivity contribution is -0.920. The molecular formula is C16H38Cl2N2. The highest BCUT2D eigenvalue weighted by Gasteiger charge is 2.23. The van der Waals surface area contributed by atoms with Crippen LogP contribution in [0.4, 0.5) is 0 Å². The van der Waals surface area contributed by atoms with Crippen molar-refractivity contribution in [2.75, 3.05) is 48.3 Å². The first-order valence-corrected chi connectivity index (χ1v) is 7.82. The predicted molar refractivity (Wildman–Crippen MR) is 82.7 cm³/mol. The second-order valence-electron chi connectivity index (χ2n) is 7.57. The maximum atomic E-state index is 2.43. The third kappa shape index (κ3) is 13.5. The molecule has 0 aromatic rings. The number of halogens is 2. The first kappa shape index (κ1) is 25.5. The summed E-state index contributed by atoms with van der Waals surface area (Å²) in [6.07, 6.45) is 8.29. The quantitative estimate of drug-likeness (QED) is 0.308. The maximum Gasteiger partial charge on any atom is 0.0857 e. The molecule has 4 heteroatoms. The van der Waals surface area contributed by atoms with Crippen molar-refractivity contribution in [3.8, 4) is 0 Å². The summed E-state index contributed by atoms with van der Waals surface area (Å²) in [4.78, 5) is 0. The lowest BCUT2D eigenvalue weighted by Crippen LogP contribution is -3.00. The highest BCUT2D eigenvalue weighted by molar-refractivity contribution is 4.53. The summed E-state index contributed by atoms with van der Waals surface area (Å²) in [6, 6.07) is 0.800. The molecule has 0 aliphatic carbocycles. The minimum atomic E-state index is 0. The molecule has 0 aliphatic heterocycles. The van der Waals surface area contributed by atoms with Crippen molar-refractivity contribution in [2.24, 2.45) is 0 Å². The standard InChI is InChI=1S/C16H38N2.2ClH/c1-8-9-10-11-13-16(2)18(6,7)15-12-14-17(3,4)5;;/h16H,8-15H2,1-7H3;2*1H/q+2;;/p-2. The maximum absolute atomic E-state index is 2.43. The Balaban J connectivity index is -0.00000144.